The number of aliphatic hydroxyl groups is 1. The van der Waals surface area contributed by atoms with E-state index in [9.17, 15) is 0 Å². The van der Waals surface area contributed by atoms with Crippen LogP contribution in [-0.4, -0.2) is 11.7 Å². The summed E-state index contributed by atoms with van der Waals surface area (Å²) in [5.41, 5.74) is 2.14. The van der Waals surface area contributed by atoms with Crippen molar-refractivity contribution in [2.45, 2.75) is 33.6 Å². The Morgan fingerprint density at radius 3 is 2.45 bits per heavy atom. The highest BCUT2D eigenvalue weighted by Crippen LogP contribution is 2.05. The molecule has 0 bridgehead atoms. The Kier molecular flexibility index (Phi) is 3.99. The zero-order valence-electron chi connectivity index (χ0n) is 9.52. The van der Waals surface area contributed by atoms with E-state index in [1.165, 1.54) is 11.6 Å². The van der Waals surface area contributed by atoms with E-state index in [0.717, 1.165) is 18.4 Å². The summed E-state index contributed by atoms with van der Waals surface area (Å²) in [5.74, 6) is 0. The first kappa shape index (κ1) is 7.11. The molecule has 0 radical (unpaired) electrons. The highest BCUT2D eigenvalue weighted by Gasteiger charge is 1.86. The number of rotatable bonds is 4. The molecule has 0 unspecified atom stereocenters. The molecule has 1 N–H and O–H groups in total. The summed E-state index contributed by atoms with van der Waals surface area (Å²) < 4.78 is 13.8. The van der Waals surface area contributed by atoms with Crippen LogP contribution in [0.1, 0.15) is 36.4 Å². The van der Waals surface area contributed by atoms with Gasteiger partial charge in [-0.3, -0.25) is 0 Å². The second kappa shape index (κ2) is 6.17. The molecule has 0 saturated heterocycles. The smallest absolute Gasteiger partial charge is 0.0614 e. The van der Waals surface area contributed by atoms with E-state index in [1.54, 1.807) is 0 Å². The molecule has 0 aromatic carbocycles. The standard InChI is InChI=1S/C10H18O/c1-9(2)5-4-6-10(3)7-8-11/h5,7,11H,4,6,8H2,1-3H3/b10-7+/i8D2. The molecule has 1 heteroatoms. The van der Waals surface area contributed by atoms with Crippen molar-refractivity contribution in [2.75, 3.05) is 6.56 Å². The Labute approximate surface area is 72.2 Å². The van der Waals surface area contributed by atoms with Crippen molar-refractivity contribution in [2.24, 2.45) is 0 Å². The molecule has 0 amide bonds. The predicted octanol–water partition coefficient (Wildman–Crippen LogP) is 2.67. The van der Waals surface area contributed by atoms with E-state index in [4.69, 9.17) is 7.85 Å². The van der Waals surface area contributed by atoms with E-state index >= 15 is 0 Å². The lowest BCUT2D eigenvalue weighted by Gasteiger charge is -1.96. The molecule has 11 heavy (non-hydrogen) atoms. The van der Waals surface area contributed by atoms with Crippen LogP contribution in [0, 0.1) is 0 Å². The topological polar surface area (TPSA) is 20.2 Å². The molecule has 0 aromatic rings. The van der Waals surface area contributed by atoms with Gasteiger partial charge in [0.2, 0.25) is 0 Å². The van der Waals surface area contributed by atoms with Crippen LogP contribution in [0.3, 0.4) is 0 Å². The largest absolute Gasteiger partial charge is 0.392 e. The highest BCUT2D eigenvalue weighted by molar-refractivity contribution is 5.01. The minimum absolute atomic E-state index is 0.797. The Morgan fingerprint density at radius 1 is 1.36 bits per heavy atom. The van der Waals surface area contributed by atoms with Crippen molar-refractivity contribution in [3.05, 3.63) is 23.3 Å². The number of hydrogen-bond acceptors (Lipinski definition) is 1. The second-order valence-electron chi connectivity index (χ2n) is 2.94. The fourth-order valence-electron chi connectivity index (χ4n) is 0.771. The van der Waals surface area contributed by atoms with Crippen LogP contribution in [0.2, 0.25) is 0 Å². The van der Waals surface area contributed by atoms with Crippen LogP contribution in [0.4, 0.5) is 0 Å². The zero-order valence-corrected chi connectivity index (χ0v) is 7.52. The van der Waals surface area contributed by atoms with Gasteiger partial charge in [0.1, 0.15) is 0 Å². The molecule has 0 atom stereocenters. The molecule has 0 heterocycles. The number of hydrogen-bond donors (Lipinski definition) is 1. The molecule has 0 rings (SSSR count). The average Bonchev–Trinajstić information content (AvgIpc) is 1.81. The van der Waals surface area contributed by atoms with Gasteiger partial charge in [-0.1, -0.05) is 23.3 Å². The molecule has 0 spiro atoms. The first-order valence-corrected chi connectivity index (χ1v) is 3.85. The van der Waals surface area contributed by atoms with E-state index in [1.807, 2.05) is 20.8 Å². The number of allylic oxidation sites excluding steroid dienone is 3. The van der Waals surface area contributed by atoms with Crippen LogP contribution in [-0.2, 0) is 0 Å². The SMILES string of the molecule is [2H]C([2H])(O)/C=C(\C)CCC=C(C)C. The quantitative estimate of drug-likeness (QED) is 0.620. The summed E-state index contributed by atoms with van der Waals surface area (Å²) in [6, 6.07) is 0. The van der Waals surface area contributed by atoms with Crippen LogP contribution < -0.4 is 0 Å². The van der Waals surface area contributed by atoms with Crippen LogP contribution in [0.5, 0.6) is 0 Å². The van der Waals surface area contributed by atoms with Gasteiger partial charge >= 0.3 is 0 Å². The van der Waals surface area contributed by atoms with E-state index in [2.05, 4.69) is 6.08 Å². The third-order valence-corrected chi connectivity index (χ3v) is 1.40. The zero-order chi connectivity index (χ0) is 10.5. The Morgan fingerprint density at radius 2 is 2.00 bits per heavy atom. The van der Waals surface area contributed by atoms with Gasteiger partial charge in [0.15, 0.2) is 0 Å². The molecule has 0 saturated carbocycles. The van der Waals surface area contributed by atoms with Crippen LogP contribution >= 0.6 is 0 Å². The lowest BCUT2D eigenvalue weighted by Crippen LogP contribution is -1.80. The second-order valence-corrected chi connectivity index (χ2v) is 2.94. The molecule has 64 valence electrons. The highest BCUT2D eigenvalue weighted by atomic mass is 16.2. The summed E-state index contributed by atoms with van der Waals surface area (Å²) in [4.78, 5) is 0. The summed E-state index contributed by atoms with van der Waals surface area (Å²) in [5, 5.41) is 8.84. The van der Waals surface area contributed by atoms with Gasteiger partial charge in [-0.15, -0.1) is 0 Å². The van der Waals surface area contributed by atoms with Crippen molar-refractivity contribution in [3.63, 3.8) is 0 Å². The molecule has 1 nitrogen and oxygen atoms in total. The molecule has 0 aliphatic rings. The van der Waals surface area contributed by atoms with Crippen molar-refractivity contribution < 1.29 is 7.85 Å². The summed E-state index contributed by atoms with van der Waals surface area (Å²) in [6.07, 6.45) is 5.06. The molecule has 0 aliphatic heterocycles. The van der Waals surface area contributed by atoms with Crippen LogP contribution in [0.15, 0.2) is 23.3 Å². The van der Waals surface area contributed by atoms with Gasteiger partial charge in [0.25, 0.3) is 0 Å². The molecular weight excluding hydrogens is 136 g/mol. The van der Waals surface area contributed by atoms with Crippen molar-refractivity contribution >= 4 is 0 Å². The third kappa shape index (κ3) is 7.34. The molecule has 0 fully saturated rings. The Balaban J connectivity index is 3.95. The lowest BCUT2D eigenvalue weighted by molar-refractivity contribution is 0.341. The van der Waals surface area contributed by atoms with Crippen molar-refractivity contribution in [1.29, 1.82) is 0 Å². The lowest BCUT2D eigenvalue weighted by atomic mass is 10.1. The van der Waals surface area contributed by atoms with Gasteiger partial charge in [-0.05, 0) is 33.6 Å². The van der Waals surface area contributed by atoms with Crippen molar-refractivity contribution in [3.8, 4) is 0 Å². The van der Waals surface area contributed by atoms with E-state index in [-0.39, 0.29) is 0 Å². The Bertz CT molecular complexity index is 207. The molecule has 0 aliphatic carbocycles. The fourth-order valence-corrected chi connectivity index (χ4v) is 0.771. The minimum atomic E-state index is -2.17. The normalized spacial score (nSPS) is 15.5. The maximum Gasteiger partial charge on any atom is 0.0614 e. The average molecular weight is 156 g/mol. The first-order chi connectivity index (χ1) is 5.81. The fraction of sp³-hybridized carbons (Fsp3) is 0.600. The summed E-state index contributed by atoms with van der Waals surface area (Å²) >= 11 is 0. The molecular formula is C10H18O. The van der Waals surface area contributed by atoms with Gasteiger partial charge < -0.3 is 5.11 Å². The van der Waals surface area contributed by atoms with Crippen molar-refractivity contribution in [1.82, 2.24) is 0 Å². The first-order valence-electron chi connectivity index (χ1n) is 4.85. The maximum absolute atomic E-state index is 8.84. The maximum atomic E-state index is 8.84. The van der Waals surface area contributed by atoms with Crippen LogP contribution in [0.25, 0.3) is 0 Å². The van der Waals surface area contributed by atoms with E-state index in [0.29, 0.717) is 0 Å². The minimum Gasteiger partial charge on any atom is -0.392 e. The summed E-state index contributed by atoms with van der Waals surface area (Å²) in [7, 11) is 0. The van der Waals surface area contributed by atoms with Gasteiger partial charge in [-0.25, -0.2) is 0 Å². The Hall–Kier alpha value is -0.560. The third-order valence-electron chi connectivity index (χ3n) is 1.40. The van der Waals surface area contributed by atoms with Gasteiger partial charge in [0.05, 0.1) is 9.30 Å². The summed E-state index contributed by atoms with van der Waals surface area (Å²) in [6.45, 7) is 3.72. The van der Waals surface area contributed by atoms with E-state index < -0.39 is 6.56 Å². The monoisotopic (exact) mass is 156 g/mol. The predicted molar refractivity (Wildman–Crippen MR) is 49.5 cm³/mol. The molecule has 0 aromatic heterocycles. The van der Waals surface area contributed by atoms with Gasteiger partial charge in [-0.2, -0.15) is 0 Å². The van der Waals surface area contributed by atoms with Gasteiger partial charge in [0, 0.05) is 0 Å².